The number of rotatable bonds is 4. The molecule has 1 N–H and O–H groups in total. The Hall–Kier alpha value is -2.80. The van der Waals surface area contributed by atoms with E-state index in [-0.39, 0.29) is 16.8 Å². The quantitative estimate of drug-likeness (QED) is 0.652. The summed E-state index contributed by atoms with van der Waals surface area (Å²) in [6.45, 7) is 2.02. The minimum atomic E-state index is -0.511. The van der Waals surface area contributed by atoms with E-state index in [1.165, 1.54) is 6.07 Å². The zero-order valence-corrected chi connectivity index (χ0v) is 15.3. The third kappa shape index (κ3) is 3.30. The summed E-state index contributed by atoms with van der Waals surface area (Å²) >= 11 is 6.08. The van der Waals surface area contributed by atoms with Crippen LogP contribution in [0.3, 0.4) is 0 Å². The lowest BCUT2D eigenvalue weighted by atomic mass is 9.94. The van der Waals surface area contributed by atoms with Crippen molar-refractivity contribution in [2.45, 2.75) is 19.4 Å². The lowest BCUT2D eigenvalue weighted by Crippen LogP contribution is -2.21. The second kappa shape index (κ2) is 7.21. The number of fused-ring (bicyclic) bond motifs is 1. The summed E-state index contributed by atoms with van der Waals surface area (Å²) in [6, 6.07) is 8.48. The van der Waals surface area contributed by atoms with Crippen LogP contribution in [0.25, 0.3) is 0 Å². The molecule has 2 aromatic rings. The number of hydrazone groups is 1. The van der Waals surface area contributed by atoms with Gasteiger partial charge in [0.15, 0.2) is 11.5 Å². The Morgan fingerprint density at radius 3 is 2.54 bits per heavy atom. The smallest absolute Gasteiger partial charge is 0.287 e. The van der Waals surface area contributed by atoms with E-state index in [9.17, 15) is 10.1 Å². The van der Waals surface area contributed by atoms with Gasteiger partial charge in [-0.3, -0.25) is 10.1 Å². The van der Waals surface area contributed by atoms with E-state index >= 15 is 0 Å². The first kappa shape index (κ1) is 18.0. The molecule has 0 saturated heterocycles. The number of nitrogens with zero attached hydrogens (tertiary/aromatic N) is 2. The summed E-state index contributed by atoms with van der Waals surface area (Å²) in [6.07, 6.45) is 0.739. The van der Waals surface area contributed by atoms with Crippen LogP contribution in [-0.4, -0.2) is 30.9 Å². The van der Waals surface area contributed by atoms with E-state index < -0.39 is 4.92 Å². The fourth-order valence-corrected chi connectivity index (χ4v) is 3.19. The molecule has 26 heavy (non-hydrogen) atoms. The summed E-state index contributed by atoms with van der Waals surface area (Å²) in [5.74, 6) is 1.22. The fourth-order valence-electron chi connectivity index (χ4n) is 2.94. The van der Waals surface area contributed by atoms with E-state index in [4.69, 9.17) is 21.1 Å². The predicted octanol–water partition coefficient (Wildman–Crippen LogP) is 3.55. The molecule has 0 aromatic heterocycles. The highest BCUT2D eigenvalue weighted by Crippen LogP contribution is 2.34. The van der Waals surface area contributed by atoms with E-state index in [1.807, 2.05) is 19.1 Å². The number of benzene rings is 2. The Bertz CT molecular complexity index is 898. The highest BCUT2D eigenvalue weighted by Gasteiger charge is 2.23. The molecule has 8 heteroatoms. The van der Waals surface area contributed by atoms with Gasteiger partial charge in [-0.1, -0.05) is 11.6 Å². The van der Waals surface area contributed by atoms with Crippen LogP contribution in [0.4, 0.5) is 5.69 Å². The van der Waals surface area contributed by atoms with Gasteiger partial charge in [-0.2, -0.15) is 5.10 Å². The average molecular weight is 376 g/mol. The monoisotopic (exact) mass is 375 g/mol. The maximum atomic E-state index is 11.0. The van der Waals surface area contributed by atoms with Gasteiger partial charge in [0.1, 0.15) is 5.02 Å². The molecule has 7 nitrogen and oxygen atoms in total. The molecule has 1 atom stereocenters. The molecular formula is C18H18ClN3O4. The van der Waals surface area contributed by atoms with Gasteiger partial charge in [0, 0.05) is 23.2 Å². The van der Waals surface area contributed by atoms with E-state index in [0.717, 1.165) is 17.5 Å². The minimum absolute atomic E-state index is 0.0644. The van der Waals surface area contributed by atoms with Crippen molar-refractivity contribution < 1.29 is 14.4 Å². The zero-order chi connectivity index (χ0) is 18.8. The molecule has 0 saturated carbocycles. The standard InChI is InChI=1S/C18H18ClN3O4/c1-10-6-12-8-16(25-2)17(26-3)9-13(12)18(21-20-10)11-4-5-15(22(23)24)14(19)7-11/h4-5,7-10,20H,6H2,1-3H3/t10-/m1/s1. The lowest BCUT2D eigenvalue weighted by Gasteiger charge is -2.15. The molecule has 0 spiro atoms. The van der Waals surface area contributed by atoms with E-state index in [1.54, 1.807) is 26.4 Å². The lowest BCUT2D eigenvalue weighted by molar-refractivity contribution is -0.384. The maximum Gasteiger partial charge on any atom is 0.287 e. The third-order valence-corrected chi connectivity index (χ3v) is 4.51. The van der Waals surface area contributed by atoms with Gasteiger partial charge in [-0.05, 0) is 43.2 Å². The Labute approximate surface area is 155 Å². The third-order valence-electron chi connectivity index (χ3n) is 4.21. The van der Waals surface area contributed by atoms with Crippen molar-refractivity contribution in [2.24, 2.45) is 5.10 Å². The SMILES string of the molecule is COc1cc2c(cc1OC)C(c1ccc([N+](=O)[O-])c(Cl)c1)=NN[C@H](C)C2. The molecular weight excluding hydrogens is 358 g/mol. The predicted molar refractivity (Wildman–Crippen MR) is 99.6 cm³/mol. The van der Waals surface area contributed by atoms with Crippen LogP contribution < -0.4 is 14.9 Å². The molecule has 1 aliphatic heterocycles. The summed E-state index contributed by atoms with van der Waals surface area (Å²) in [4.78, 5) is 10.5. The largest absolute Gasteiger partial charge is 0.493 e. The Morgan fingerprint density at radius 2 is 1.92 bits per heavy atom. The number of hydrogen-bond donors (Lipinski definition) is 1. The van der Waals surface area contributed by atoms with Gasteiger partial charge < -0.3 is 14.9 Å². The highest BCUT2D eigenvalue weighted by molar-refractivity contribution is 6.33. The number of methoxy groups -OCH3 is 2. The highest BCUT2D eigenvalue weighted by atomic mass is 35.5. The summed E-state index contributed by atoms with van der Waals surface area (Å²) in [5, 5.41) is 15.6. The second-order valence-corrected chi connectivity index (χ2v) is 6.39. The van der Waals surface area contributed by atoms with Gasteiger partial charge in [-0.15, -0.1) is 0 Å². The molecule has 3 rings (SSSR count). The number of nitro groups is 1. The van der Waals surface area contributed by atoms with Crippen molar-refractivity contribution in [1.82, 2.24) is 5.43 Å². The zero-order valence-electron chi connectivity index (χ0n) is 14.6. The number of halogens is 1. The Balaban J connectivity index is 2.17. The average Bonchev–Trinajstić information content (AvgIpc) is 2.77. The van der Waals surface area contributed by atoms with Gasteiger partial charge in [0.2, 0.25) is 0 Å². The number of ether oxygens (including phenoxy) is 2. The maximum absolute atomic E-state index is 11.0. The Kier molecular flexibility index (Phi) is 4.99. The molecule has 0 unspecified atom stereocenters. The molecule has 0 amide bonds. The summed E-state index contributed by atoms with van der Waals surface area (Å²) in [5.41, 5.74) is 6.18. The molecule has 0 bridgehead atoms. The molecule has 1 heterocycles. The number of nitro benzene ring substituents is 1. The van der Waals surface area contributed by atoms with Crippen LogP contribution in [0.15, 0.2) is 35.4 Å². The van der Waals surface area contributed by atoms with Crippen LogP contribution in [-0.2, 0) is 6.42 Å². The van der Waals surface area contributed by atoms with Crippen molar-refractivity contribution in [3.63, 3.8) is 0 Å². The van der Waals surface area contributed by atoms with Crippen molar-refractivity contribution >= 4 is 23.0 Å². The first-order valence-corrected chi connectivity index (χ1v) is 8.35. The van der Waals surface area contributed by atoms with Crippen LogP contribution in [0, 0.1) is 10.1 Å². The van der Waals surface area contributed by atoms with Crippen molar-refractivity contribution in [3.8, 4) is 11.5 Å². The first-order chi connectivity index (χ1) is 12.4. The van der Waals surface area contributed by atoms with Crippen molar-refractivity contribution in [2.75, 3.05) is 14.2 Å². The molecule has 0 aliphatic carbocycles. The molecule has 2 aromatic carbocycles. The van der Waals surface area contributed by atoms with Crippen molar-refractivity contribution in [3.05, 3.63) is 62.2 Å². The molecule has 0 fully saturated rings. The van der Waals surface area contributed by atoms with Gasteiger partial charge in [0.05, 0.1) is 24.9 Å². The first-order valence-electron chi connectivity index (χ1n) is 7.97. The molecule has 1 aliphatic rings. The number of hydrogen-bond acceptors (Lipinski definition) is 6. The van der Waals surface area contributed by atoms with Crippen LogP contribution in [0.5, 0.6) is 11.5 Å². The second-order valence-electron chi connectivity index (χ2n) is 5.98. The van der Waals surface area contributed by atoms with E-state index in [2.05, 4.69) is 10.5 Å². The van der Waals surface area contributed by atoms with Gasteiger partial charge in [-0.25, -0.2) is 0 Å². The summed E-state index contributed by atoms with van der Waals surface area (Å²) in [7, 11) is 3.16. The molecule has 0 radical (unpaired) electrons. The topological polar surface area (TPSA) is 86.0 Å². The van der Waals surface area contributed by atoms with Crippen molar-refractivity contribution in [1.29, 1.82) is 0 Å². The van der Waals surface area contributed by atoms with Crippen LogP contribution in [0.2, 0.25) is 5.02 Å². The van der Waals surface area contributed by atoms with E-state index in [0.29, 0.717) is 22.8 Å². The molecule has 136 valence electrons. The Morgan fingerprint density at radius 1 is 1.23 bits per heavy atom. The fraction of sp³-hybridized carbons (Fsp3) is 0.278. The normalized spacial score (nSPS) is 16.0. The van der Waals surface area contributed by atoms with Crippen LogP contribution in [0.1, 0.15) is 23.6 Å². The minimum Gasteiger partial charge on any atom is -0.493 e. The summed E-state index contributed by atoms with van der Waals surface area (Å²) < 4.78 is 10.8. The van der Waals surface area contributed by atoms with Gasteiger partial charge in [0.25, 0.3) is 5.69 Å². The van der Waals surface area contributed by atoms with Crippen LogP contribution >= 0.6 is 11.6 Å². The van der Waals surface area contributed by atoms with Gasteiger partial charge >= 0.3 is 0 Å². The number of nitrogens with one attached hydrogen (secondary N) is 1.